The van der Waals surface area contributed by atoms with Crippen molar-refractivity contribution in [2.45, 2.75) is 13.8 Å². The topological polar surface area (TPSA) is 21.3 Å². The second-order valence-corrected chi connectivity index (χ2v) is 13.8. The zero-order valence-corrected chi connectivity index (χ0v) is 29.6. The molecule has 0 radical (unpaired) electrons. The molecule has 0 atom stereocenters. The summed E-state index contributed by atoms with van der Waals surface area (Å²) in [7, 11) is 0. The second kappa shape index (κ2) is 12.4. The number of furan rings is 1. The van der Waals surface area contributed by atoms with Crippen molar-refractivity contribution in [1.82, 2.24) is 4.57 Å². The number of hydrogen-bond donors (Lipinski definition) is 0. The van der Waals surface area contributed by atoms with Crippen LogP contribution in [0.2, 0.25) is 0 Å². The van der Waals surface area contributed by atoms with Crippen molar-refractivity contribution in [2.75, 3.05) is 4.90 Å². The maximum absolute atomic E-state index is 6.22. The van der Waals surface area contributed by atoms with E-state index in [1.54, 1.807) is 0 Å². The molecule has 0 aliphatic rings. The van der Waals surface area contributed by atoms with Gasteiger partial charge in [-0.2, -0.15) is 0 Å². The Labute approximate surface area is 308 Å². The van der Waals surface area contributed by atoms with Gasteiger partial charge in [0, 0.05) is 44.0 Å². The van der Waals surface area contributed by atoms with Gasteiger partial charge in [0.05, 0.1) is 16.7 Å². The van der Waals surface area contributed by atoms with Gasteiger partial charge in [-0.15, -0.1) is 0 Å². The van der Waals surface area contributed by atoms with Gasteiger partial charge in [0.2, 0.25) is 0 Å². The van der Waals surface area contributed by atoms with Crippen LogP contribution in [0, 0.1) is 6.92 Å². The Morgan fingerprint density at radius 2 is 1.21 bits per heavy atom. The van der Waals surface area contributed by atoms with Gasteiger partial charge < -0.3 is 13.9 Å². The average molecular weight is 681 g/mol. The molecule has 0 unspecified atom stereocenters. The summed E-state index contributed by atoms with van der Waals surface area (Å²) in [5.41, 5.74) is 13.5. The van der Waals surface area contributed by atoms with E-state index in [4.69, 9.17) is 4.42 Å². The van der Waals surface area contributed by atoms with Crippen molar-refractivity contribution in [1.29, 1.82) is 0 Å². The Bertz CT molecular complexity index is 3010. The molecule has 2 aromatic heterocycles. The molecule has 0 bridgehead atoms. The highest BCUT2D eigenvalue weighted by atomic mass is 16.3. The number of hydrogen-bond acceptors (Lipinski definition) is 2. The minimum absolute atomic E-state index is 0.889. The van der Waals surface area contributed by atoms with Crippen molar-refractivity contribution in [2.24, 2.45) is 0 Å². The van der Waals surface area contributed by atoms with Gasteiger partial charge in [-0.25, -0.2) is 0 Å². The highest BCUT2D eigenvalue weighted by Crippen LogP contribution is 2.42. The lowest BCUT2D eigenvalue weighted by Crippen LogP contribution is -2.10. The van der Waals surface area contributed by atoms with Crippen LogP contribution in [-0.2, 0) is 0 Å². The molecule has 0 spiro atoms. The number of para-hydroxylation sites is 2. The predicted octanol–water partition coefficient (Wildman–Crippen LogP) is 14.3. The molecule has 2 heterocycles. The quantitative estimate of drug-likeness (QED) is 0.174. The number of nitrogens with zero attached hydrogens (tertiary/aromatic N) is 2. The molecule has 252 valence electrons. The van der Waals surface area contributed by atoms with E-state index < -0.39 is 0 Å². The fraction of sp³-hybridized carbons (Fsp3) is 0.0400. The highest BCUT2D eigenvalue weighted by molar-refractivity contribution is 6.11. The van der Waals surface area contributed by atoms with Crippen LogP contribution in [0.25, 0.3) is 77.4 Å². The monoisotopic (exact) mass is 680 g/mol. The maximum Gasteiger partial charge on any atom is 0.135 e. The molecule has 10 aromatic rings. The highest BCUT2D eigenvalue weighted by Gasteiger charge is 2.19. The molecule has 3 heteroatoms. The van der Waals surface area contributed by atoms with Crippen molar-refractivity contribution in [3.63, 3.8) is 0 Å². The SMILES string of the molecule is C/C=C\c1cc2c(cc1C)c1cc(-c3ccc(N(c4ccc5oc6ccccc6c5c4)c4cccc5ccccc45)cc3)ccc1n2-c1ccccc1. The van der Waals surface area contributed by atoms with Gasteiger partial charge in [0.25, 0.3) is 0 Å². The van der Waals surface area contributed by atoms with Crippen molar-refractivity contribution in [3.8, 4) is 16.8 Å². The van der Waals surface area contributed by atoms with E-state index in [2.05, 4.69) is 193 Å². The van der Waals surface area contributed by atoms with E-state index in [0.717, 1.165) is 44.7 Å². The molecule has 3 nitrogen and oxygen atoms in total. The minimum Gasteiger partial charge on any atom is -0.456 e. The molecule has 0 aliphatic carbocycles. The maximum atomic E-state index is 6.22. The lowest BCUT2D eigenvalue weighted by molar-refractivity contribution is 0.669. The Balaban J connectivity index is 1.12. The van der Waals surface area contributed by atoms with Crippen LogP contribution in [0.3, 0.4) is 0 Å². The third-order valence-electron chi connectivity index (χ3n) is 10.6. The third kappa shape index (κ3) is 5.12. The van der Waals surface area contributed by atoms with Crippen LogP contribution in [0.4, 0.5) is 17.1 Å². The molecule has 0 fully saturated rings. The minimum atomic E-state index is 0.889. The molecule has 0 saturated heterocycles. The smallest absolute Gasteiger partial charge is 0.135 e. The largest absolute Gasteiger partial charge is 0.456 e. The molecule has 53 heavy (non-hydrogen) atoms. The summed E-state index contributed by atoms with van der Waals surface area (Å²) < 4.78 is 8.61. The summed E-state index contributed by atoms with van der Waals surface area (Å²) in [4.78, 5) is 2.37. The van der Waals surface area contributed by atoms with Crippen LogP contribution in [-0.4, -0.2) is 4.57 Å². The lowest BCUT2D eigenvalue weighted by Gasteiger charge is -2.27. The fourth-order valence-corrected chi connectivity index (χ4v) is 8.07. The summed E-state index contributed by atoms with van der Waals surface area (Å²) in [6.07, 6.45) is 4.32. The molecule has 0 amide bonds. The van der Waals surface area contributed by atoms with Crippen LogP contribution in [0.1, 0.15) is 18.1 Å². The number of aryl methyl sites for hydroxylation is 1. The number of benzene rings is 8. The van der Waals surface area contributed by atoms with Gasteiger partial charge in [0.15, 0.2) is 0 Å². The number of fused-ring (bicyclic) bond motifs is 7. The Hall–Kier alpha value is -6.84. The van der Waals surface area contributed by atoms with Crippen molar-refractivity contribution >= 4 is 77.7 Å². The van der Waals surface area contributed by atoms with E-state index in [1.165, 1.54) is 54.8 Å². The first-order valence-electron chi connectivity index (χ1n) is 18.2. The third-order valence-corrected chi connectivity index (χ3v) is 10.6. The molecular formula is C50H36N2O. The summed E-state index contributed by atoms with van der Waals surface area (Å²) in [5.74, 6) is 0. The molecular weight excluding hydrogens is 645 g/mol. The summed E-state index contributed by atoms with van der Waals surface area (Å²) >= 11 is 0. The number of allylic oxidation sites excluding steroid dienone is 1. The summed E-state index contributed by atoms with van der Waals surface area (Å²) in [6.45, 7) is 4.28. The Kier molecular flexibility index (Phi) is 7.26. The van der Waals surface area contributed by atoms with Crippen molar-refractivity contribution in [3.05, 3.63) is 187 Å². The molecule has 0 aliphatic heterocycles. The van der Waals surface area contributed by atoms with Crippen LogP contribution in [0.15, 0.2) is 180 Å². The average Bonchev–Trinajstić information content (AvgIpc) is 3.73. The first-order chi connectivity index (χ1) is 26.1. The summed E-state index contributed by atoms with van der Waals surface area (Å²) in [5, 5.41) is 7.14. The Morgan fingerprint density at radius 3 is 2.06 bits per heavy atom. The van der Waals surface area contributed by atoms with E-state index in [9.17, 15) is 0 Å². The van der Waals surface area contributed by atoms with Gasteiger partial charge in [-0.1, -0.05) is 103 Å². The van der Waals surface area contributed by atoms with Crippen LogP contribution in [0.5, 0.6) is 0 Å². The lowest BCUT2D eigenvalue weighted by atomic mass is 10.00. The standard InChI is InChI=1S/C50H36N2O/c1-3-12-36-31-48-43(29-33(36)2)44-30-37(23-27-47(44)52(48)38-15-5-4-6-16-38)34-21-24-39(25-22-34)51(46-19-11-14-35-13-7-8-17-41(35)46)40-26-28-50-45(32-40)42-18-9-10-20-49(42)53-50/h3-32H,1-2H3/b12-3-. The van der Waals surface area contributed by atoms with Gasteiger partial charge in [0.1, 0.15) is 11.2 Å². The normalized spacial score (nSPS) is 11.9. The van der Waals surface area contributed by atoms with E-state index >= 15 is 0 Å². The van der Waals surface area contributed by atoms with Crippen molar-refractivity contribution < 1.29 is 4.42 Å². The van der Waals surface area contributed by atoms with Crippen LogP contribution < -0.4 is 4.90 Å². The molecule has 0 N–H and O–H groups in total. The first kappa shape index (κ1) is 30.9. The molecule has 8 aromatic carbocycles. The second-order valence-electron chi connectivity index (χ2n) is 13.8. The Morgan fingerprint density at radius 1 is 0.509 bits per heavy atom. The van der Waals surface area contributed by atoms with Crippen LogP contribution >= 0.6 is 0 Å². The number of anilines is 3. The van der Waals surface area contributed by atoms with Gasteiger partial charge >= 0.3 is 0 Å². The van der Waals surface area contributed by atoms with E-state index in [-0.39, 0.29) is 0 Å². The van der Waals surface area contributed by atoms with E-state index in [1.807, 2.05) is 12.1 Å². The molecule has 10 rings (SSSR count). The van der Waals surface area contributed by atoms with Gasteiger partial charge in [-0.05, 0) is 120 Å². The zero-order valence-electron chi connectivity index (χ0n) is 29.6. The number of aromatic nitrogens is 1. The fourth-order valence-electron chi connectivity index (χ4n) is 8.07. The summed E-state index contributed by atoms with van der Waals surface area (Å²) in [6, 6.07) is 61.2. The zero-order chi connectivity index (χ0) is 35.5. The predicted molar refractivity (Wildman–Crippen MR) is 225 cm³/mol. The molecule has 0 saturated carbocycles. The van der Waals surface area contributed by atoms with E-state index in [0.29, 0.717) is 0 Å². The van der Waals surface area contributed by atoms with Gasteiger partial charge in [-0.3, -0.25) is 0 Å². The first-order valence-corrected chi connectivity index (χ1v) is 18.2. The number of rotatable bonds is 6.